The fraction of sp³-hybridized carbons (Fsp3) is 0.500. The number of para-hydroxylation sites is 1. The number of halogens is 1. The number of urea groups is 1. The zero-order valence-corrected chi connectivity index (χ0v) is 19.2. The summed E-state index contributed by atoms with van der Waals surface area (Å²) in [5.41, 5.74) is 0.452. The first kappa shape index (κ1) is 21.6. The minimum atomic E-state index is -0.921. The Morgan fingerprint density at radius 1 is 1.19 bits per heavy atom. The van der Waals surface area contributed by atoms with E-state index < -0.39 is 17.1 Å². The van der Waals surface area contributed by atoms with E-state index in [0.29, 0.717) is 48.4 Å². The summed E-state index contributed by atoms with van der Waals surface area (Å²) in [5.74, 6) is -0.529. The van der Waals surface area contributed by atoms with Gasteiger partial charge in [0.1, 0.15) is 11.9 Å². The van der Waals surface area contributed by atoms with Gasteiger partial charge in [0.25, 0.3) is 0 Å². The van der Waals surface area contributed by atoms with Crippen LogP contribution < -0.4 is 4.90 Å². The molecule has 2 aromatic rings. The fourth-order valence-electron chi connectivity index (χ4n) is 4.13. The summed E-state index contributed by atoms with van der Waals surface area (Å²) in [6, 6.07) is 5.24. The van der Waals surface area contributed by atoms with Crippen molar-refractivity contribution in [2.75, 3.05) is 31.2 Å². The van der Waals surface area contributed by atoms with Crippen LogP contribution in [0.15, 0.2) is 24.5 Å². The number of amides is 2. The Morgan fingerprint density at radius 3 is 2.52 bits per heavy atom. The molecule has 9 heteroatoms. The molecule has 0 bridgehead atoms. The smallest absolute Gasteiger partial charge is 0.359 e. The van der Waals surface area contributed by atoms with Gasteiger partial charge in [-0.25, -0.2) is 14.6 Å². The molecule has 0 aliphatic carbocycles. The van der Waals surface area contributed by atoms with Crippen molar-refractivity contribution in [1.29, 1.82) is 0 Å². The zero-order chi connectivity index (χ0) is 22.6. The van der Waals surface area contributed by atoms with Gasteiger partial charge in [0, 0.05) is 13.1 Å². The summed E-state index contributed by atoms with van der Waals surface area (Å²) < 4.78 is 12.8. The lowest BCUT2D eigenvalue weighted by molar-refractivity contribution is 0.00600. The number of fused-ring (bicyclic) bond motifs is 3. The number of hydrogen-bond acceptors (Lipinski definition) is 5. The van der Waals surface area contributed by atoms with E-state index in [4.69, 9.17) is 21.1 Å². The molecule has 2 aliphatic rings. The fourth-order valence-corrected chi connectivity index (χ4v) is 4.38. The van der Waals surface area contributed by atoms with Crippen LogP contribution in [-0.4, -0.2) is 58.4 Å². The lowest BCUT2D eigenvalue weighted by Crippen LogP contribution is -2.57. The molecule has 0 atom stereocenters. The van der Waals surface area contributed by atoms with Crippen molar-refractivity contribution in [1.82, 2.24) is 14.5 Å². The molecule has 8 nitrogen and oxygen atoms in total. The molecule has 2 amide bonds. The maximum Gasteiger partial charge on any atom is 0.359 e. The van der Waals surface area contributed by atoms with Crippen LogP contribution >= 0.6 is 11.6 Å². The standard InChI is InChI=1S/C22H27ClN4O4/c1-21(2,3)31-19(28)16-18-22(4,5)27(20(29)25-9-11-30-12-10-25)17-14(23)7-6-8-15(17)26(18)13-24-16/h6-8,13H,9-12H2,1-5H3. The van der Waals surface area contributed by atoms with Gasteiger partial charge in [0.05, 0.1) is 40.8 Å². The molecule has 1 fully saturated rings. The Morgan fingerprint density at radius 2 is 1.87 bits per heavy atom. The molecule has 0 radical (unpaired) electrons. The summed E-state index contributed by atoms with van der Waals surface area (Å²) in [4.78, 5) is 34.5. The Bertz CT molecular complexity index is 1030. The normalized spacial score (nSPS) is 17.7. The number of hydrogen-bond donors (Lipinski definition) is 0. The van der Waals surface area contributed by atoms with Crippen LogP contribution in [0.5, 0.6) is 0 Å². The highest BCUT2D eigenvalue weighted by Gasteiger charge is 2.47. The number of nitrogens with zero attached hydrogens (tertiary/aromatic N) is 4. The molecule has 0 N–H and O–H groups in total. The molecular formula is C22H27ClN4O4. The highest BCUT2D eigenvalue weighted by molar-refractivity contribution is 6.34. The second kappa shape index (κ2) is 7.53. The number of ether oxygens (including phenoxy) is 2. The highest BCUT2D eigenvalue weighted by atomic mass is 35.5. The minimum absolute atomic E-state index is 0.185. The largest absolute Gasteiger partial charge is 0.455 e. The minimum Gasteiger partial charge on any atom is -0.455 e. The van der Waals surface area contributed by atoms with Crippen LogP contribution in [-0.2, 0) is 15.0 Å². The van der Waals surface area contributed by atoms with Crippen molar-refractivity contribution in [3.8, 4) is 5.69 Å². The molecule has 1 aromatic heterocycles. The van der Waals surface area contributed by atoms with Crippen LogP contribution in [0.25, 0.3) is 5.69 Å². The summed E-state index contributed by atoms with van der Waals surface area (Å²) in [5, 5.41) is 0.449. The average Bonchev–Trinajstić information content (AvgIpc) is 3.15. The molecule has 166 valence electrons. The number of imidazole rings is 1. The molecule has 2 aliphatic heterocycles. The Kier molecular flexibility index (Phi) is 5.26. The van der Waals surface area contributed by atoms with E-state index in [1.54, 1.807) is 22.2 Å². The van der Waals surface area contributed by atoms with Crippen molar-refractivity contribution >= 4 is 29.3 Å². The first-order valence-electron chi connectivity index (χ1n) is 10.3. The number of carbonyl (C=O) groups excluding carboxylic acids is 2. The van der Waals surface area contributed by atoms with E-state index >= 15 is 0 Å². The SMILES string of the molecule is CC(C)(C)OC(=O)c1ncn2c1C(C)(C)N(C(=O)N1CCOCC1)c1c(Cl)cccc1-2. The first-order chi connectivity index (χ1) is 14.5. The average molecular weight is 447 g/mol. The van der Waals surface area contributed by atoms with Crippen molar-refractivity contribution in [3.63, 3.8) is 0 Å². The topological polar surface area (TPSA) is 76.9 Å². The maximum atomic E-state index is 13.7. The lowest BCUT2D eigenvalue weighted by atomic mass is 9.91. The van der Waals surface area contributed by atoms with E-state index in [1.807, 2.05) is 51.3 Å². The maximum absolute atomic E-state index is 13.7. The van der Waals surface area contributed by atoms with Gasteiger partial charge >= 0.3 is 12.0 Å². The summed E-state index contributed by atoms with van der Waals surface area (Å²) in [7, 11) is 0. The monoisotopic (exact) mass is 446 g/mol. The van der Waals surface area contributed by atoms with E-state index in [2.05, 4.69) is 4.98 Å². The molecule has 4 rings (SSSR count). The zero-order valence-electron chi connectivity index (χ0n) is 18.4. The number of morpholine rings is 1. The van der Waals surface area contributed by atoms with Crippen LogP contribution in [0, 0.1) is 0 Å². The van der Waals surface area contributed by atoms with E-state index in [0.717, 1.165) is 0 Å². The van der Waals surface area contributed by atoms with Crippen molar-refractivity contribution in [2.24, 2.45) is 0 Å². The number of esters is 1. The van der Waals surface area contributed by atoms with Gasteiger partial charge in [-0.05, 0) is 46.8 Å². The molecule has 31 heavy (non-hydrogen) atoms. The number of benzene rings is 1. The lowest BCUT2D eigenvalue weighted by Gasteiger charge is -2.46. The van der Waals surface area contributed by atoms with Crippen LogP contribution in [0.1, 0.15) is 50.8 Å². The predicted octanol–water partition coefficient (Wildman–Crippen LogP) is 3.99. The predicted molar refractivity (Wildman–Crippen MR) is 117 cm³/mol. The second-order valence-electron chi connectivity index (χ2n) is 9.20. The van der Waals surface area contributed by atoms with Gasteiger partial charge in [-0.3, -0.25) is 9.47 Å². The van der Waals surface area contributed by atoms with Crippen molar-refractivity contribution in [3.05, 3.63) is 40.9 Å². The van der Waals surface area contributed by atoms with Gasteiger partial charge in [-0.2, -0.15) is 0 Å². The second-order valence-corrected chi connectivity index (χ2v) is 9.60. The summed E-state index contributed by atoms with van der Waals surface area (Å²) in [6.45, 7) is 11.1. The number of aromatic nitrogens is 2. The third kappa shape index (κ3) is 3.68. The van der Waals surface area contributed by atoms with Crippen LogP contribution in [0.3, 0.4) is 0 Å². The molecule has 3 heterocycles. The molecule has 1 aromatic carbocycles. The van der Waals surface area contributed by atoms with Gasteiger partial charge in [0.15, 0.2) is 5.69 Å². The first-order valence-corrected chi connectivity index (χ1v) is 10.7. The molecular weight excluding hydrogens is 420 g/mol. The summed E-state index contributed by atoms with van der Waals surface area (Å²) >= 11 is 6.61. The Balaban J connectivity index is 1.88. The number of rotatable bonds is 1. The Hall–Kier alpha value is -2.58. The molecule has 1 saturated heterocycles. The van der Waals surface area contributed by atoms with E-state index in [-0.39, 0.29) is 11.7 Å². The third-order valence-corrected chi connectivity index (χ3v) is 5.72. The van der Waals surface area contributed by atoms with Gasteiger partial charge < -0.3 is 14.4 Å². The van der Waals surface area contributed by atoms with E-state index in [9.17, 15) is 9.59 Å². The Labute approximate surface area is 186 Å². The van der Waals surface area contributed by atoms with Gasteiger partial charge in [0.2, 0.25) is 0 Å². The van der Waals surface area contributed by atoms with E-state index in [1.165, 1.54) is 0 Å². The number of anilines is 1. The van der Waals surface area contributed by atoms with Crippen molar-refractivity contribution < 1.29 is 19.1 Å². The quantitative estimate of drug-likeness (QED) is 0.619. The van der Waals surface area contributed by atoms with Crippen molar-refractivity contribution in [2.45, 2.75) is 45.8 Å². The third-order valence-electron chi connectivity index (χ3n) is 5.42. The van der Waals surface area contributed by atoms with Gasteiger partial charge in [-0.15, -0.1) is 0 Å². The molecule has 0 unspecified atom stereocenters. The number of carbonyl (C=O) groups is 2. The van der Waals surface area contributed by atoms with Gasteiger partial charge in [-0.1, -0.05) is 17.7 Å². The van der Waals surface area contributed by atoms with Crippen LogP contribution in [0.4, 0.5) is 10.5 Å². The highest BCUT2D eigenvalue weighted by Crippen LogP contribution is 2.47. The molecule has 0 spiro atoms. The van der Waals surface area contributed by atoms with Crippen LogP contribution in [0.2, 0.25) is 5.02 Å². The molecule has 0 saturated carbocycles. The summed E-state index contributed by atoms with van der Waals surface area (Å²) in [6.07, 6.45) is 1.59.